The van der Waals surface area contributed by atoms with E-state index in [1.165, 1.54) is 11.9 Å². The van der Waals surface area contributed by atoms with E-state index in [-0.39, 0.29) is 5.91 Å². The molecule has 2 aromatic heterocycles. The van der Waals surface area contributed by atoms with Gasteiger partial charge in [-0.2, -0.15) is 5.10 Å². The maximum atomic E-state index is 13.2. The van der Waals surface area contributed by atoms with Crippen LogP contribution >= 0.6 is 0 Å². The molecule has 6 nitrogen and oxygen atoms in total. The molecule has 2 heterocycles. The van der Waals surface area contributed by atoms with Crippen molar-refractivity contribution < 1.29 is 4.79 Å². The van der Waals surface area contributed by atoms with Crippen LogP contribution in [-0.4, -0.2) is 25.2 Å². The Morgan fingerprint density at radius 1 is 0.844 bits per heavy atom. The number of carbonyl (C=O) groups is 1. The van der Waals surface area contributed by atoms with Gasteiger partial charge >= 0.3 is 0 Å². The molecule has 0 bridgehead atoms. The van der Waals surface area contributed by atoms with Crippen molar-refractivity contribution in [1.29, 1.82) is 0 Å². The smallest absolute Gasteiger partial charge is 0.253 e. The molecule has 0 spiro atoms. The number of benzene rings is 3. The summed E-state index contributed by atoms with van der Waals surface area (Å²) in [5, 5.41) is 8.24. The molecule has 0 fully saturated rings. The number of amides is 1. The SMILES string of the molecule is O=C(NCc1ccccc1Cn1cncn1)c1cn(Cc2ccccc2)c2ccccc12. The highest BCUT2D eigenvalue weighted by atomic mass is 16.1. The van der Waals surface area contributed by atoms with E-state index in [0.29, 0.717) is 18.7 Å². The van der Waals surface area contributed by atoms with Crippen molar-refractivity contribution in [3.8, 4) is 0 Å². The Labute approximate surface area is 186 Å². The largest absolute Gasteiger partial charge is 0.348 e. The number of nitrogens with zero attached hydrogens (tertiary/aromatic N) is 4. The van der Waals surface area contributed by atoms with Crippen molar-refractivity contribution in [2.75, 3.05) is 0 Å². The molecule has 5 rings (SSSR count). The average molecular weight is 422 g/mol. The Morgan fingerprint density at radius 2 is 1.59 bits per heavy atom. The molecule has 0 aliphatic heterocycles. The molecule has 0 unspecified atom stereocenters. The van der Waals surface area contributed by atoms with Gasteiger partial charge in [-0.25, -0.2) is 9.67 Å². The van der Waals surface area contributed by atoms with Crippen LogP contribution in [0.3, 0.4) is 0 Å². The highest BCUT2D eigenvalue weighted by Gasteiger charge is 2.15. The minimum Gasteiger partial charge on any atom is -0.348 e. The van der Waals surface area contributed by atoms with Crippen molar-refractivity contribution in [1.82, 2.24) is 24.6 Å². The first-order chi connectivity index (χ1) is 15.8. The van der Waals surface area contributed by atoms with E-state index < -0.39 is 0 Å². The highest BCUT2D eigenvalue weighted by Crippen LogP contribution is 2.23. The van der Waals surface area contributed by atoms with Crippen LogP contribution in [0, 0.1) is 0 Å². The number of hydrogen-bond acceptors (Lipinski definition) is 3. The van der Waals surface area contributed by atoms with Crippen molar-refractivity contribution in [2.24, 2.45) is 0 Å². The molecule has 1 N–H and O–H groups in total. The summed E-state index contributed by atoms with van der Waals surface area (Å²) in [5.74, 6) is -0.0800. The predicted octanol–water partition coefficient (Wildman–Crippen LogP) is 4.26. The summed E-state index contributed by atoms with van der Waals surface area (Å²) in [7, 11) is 0. The van der Waals surface area contributed by atoms with E-state index in [9.17, 15) is 4.79 Å². The van der Waals surface area contributed by atoms with Gasteiger partial charge in [-0.3, -0.25) is 4.79 Å². The van der Waals surface area contributed by atoms with Gasteiger partial charge in [0.15, 0.2) is 0 Å². The molecular formula is C26H23N5O. The summed E-state index contributed by atoms with van der Waals surface area (Å²) >= 11 is 0. The van der Waals surface area contributed by atoms with E-state index >= 15 is 0 Å². The van der Waals surface area contributed by atoms with Crippen molar-refractivity contribution >= 4 is 16.8 Å². The lowest BCUT2D eigenvalue weighted by molar-refractivity contribution is 0.0952. The molecule has 0 radical (unpaired) electrons. The molecule has 1 amide bonds. The van der Waals surface area contributed by atoms with Gasteiger partial charge < -0.3 is 9.88 Å². The van der Waals surface area contributed by atoms with Gasteiger partial charge in [0.2, 0.25) is 0 Å². The third kappa shape index (κ3) is 4.16. The summed E-state index contributed by atoms with van der Waals surface area (Å²) in [6.45, 7) is 1.78. The summed E-state index contributed by atoms with van der Waals surface area (Å²) in [4.78, 5) is 17.2. The Hall–Kier alpha value is -4.19. The zero-order valence-electron chi connectivity index (χ0n) is 17.6. The molecule has 5 aromatic rings. The lowest BCUT2D eigenvalue weighted by Crippen LogP contribution is -2.23. The fourth-order valence-electron chi connectivity index (χ4n) is 3.98. The summed E-state index contributed by atoms with van der Waals surface area (Å²) in [6, 6.07) is 26.4. The Bertz CT molecular complexity index is 1340. The summed E-state index contributed by atoms with van der Waals surface area (Å²) in [5.41, 5.74) is 5.09. The highest BCUT2D eigenvalue weighted by molar-refractivity contribution is 6.07. The quantitative estimate of drug-likeness (QED) is 0.427. The maximum Gasteiger partial charge on any atom is 0.253 e. The van der Waals surface area contributed by atoms with Crippen LogP contribution in [-0.2, 0) is 19.6 Å². The standard InChI is InChI=1S/C26H23N5O/c32-26(28-14-21-10-4-5-11-22(21)16-31-19-27-18-29-31)24-17-30(15-20-8-2-1-3-9-20)25-13-7-6-12-23(24)25/h1-13,17-19H,14-16H2,(H,28,32). The minimum absolute atomic E-state index is 0.0800. The zero-order chi connectivity index (χ0) is 21.8. The van der Waals surface area contributed by atoms with E-state index in [2.05, 4.69) is 44.2 Å². The van der Waals surface area contributed by atoms with E-state index in [1.54, 1.807) is 11.0 Å². The fraction of sp³-hybridized carbons (Fsp3) is 0.115. The molecule has 0 saturated carbocycles. The van der Waals surface area contributed by atoms with E-state index in [4.69, 9.17) is 0 Å². The van der Waals surface area contributed by atoms with Gasteiger partial charge in [-0.1, -0.05) is 72.8 Å². The van der Waals surface area contributed by atoms with Crippen LogP contribution in [0.15, 0.2) is 97.7 Å². The first-order valence-corrected chi connectivity index (χ1v) is 10.6. The fourth-order valence-corrected chi connectivity index (χ4v) is 3.98. The van der Waals surface area contributed by atoms with E-state index in [1.807, 2.05) is 60.8 Å². The Balaban J connectivity index is 1.37. The van der Waals surface area contributed by atoms with Crippen molar-refractivity contribution in [3.63, 3.8) is 0 Å². The molecule has 3 aromatic carbocycles. The molecule has 32 heavy (non-hydrogen) atoms. The van der Waals surface area contributed by atoms with Gasteiger partial charge in [-0.15, -0.1) is 0 Å². The van der Waals surface area contributed by atoms with Crippen molar-refractivity contribution in [3.05, 3.63) is 120 Å². The monoisotopic (exact) mass is 421 g/mol. The third-order valence-electron chi connectivity index (χ3n) is 5.59. The predicted molar refractivity (Wildman–Crippen MR) is 124 cm³/mol. The second kappa shape index (κ2) is 8.89. The number of hydrogen-bond donors (Lipinski definition) is 1. The molecule has 0 atom stereocenters. The second-order valence-electron chi connectivity index (χ2n) is 7.72. The number of carbonyl (C=O) groups excluding carboxylic acids is 1. The van der Waals surface area contributed by atoms with Crippen LogP contribution in [0.4, 0.5) is 0 Å². The molecular weight excluding hydrogens is 398 g/mol. The zero-order valence-corrected chi connectivity index (χ0v) is 17.6. The molecule has 0 aliphatic carbocycles. The summed E-state index contributed by atoms with van der Waals surface area (Å²) in [6.07, 6.45) is 5.17. The van der Waals surface area contributed by atoms with Crippen LogP contribution in [0.25, 0.3) is 10.9 Å². The molecule has 0 saturated heterocycles. The number of rotatable bonds is 7. The van der Waals surface area contributed by atoms with E-state index in [0.717, 1.165) is 28.6 Å². The summed E-state index contributed by atoms with van der Waals surface area (Å²) < 4.78 is 3.91. The first-order valence-electron chi connectivity index (χ1n) is 10.6. The van der Waals surface area contributed by atoms with Gasteiger partial charge in [-0.05, 0) is 22.8 Å². The van der Waals surface area contributed by atoms with Gasteiger partial charge in [0, 0.05) is 30.2 Å². The third-order valence-corrected chi connectivity index (χ3v) is 5.59. The second-order valence-corrected chi connectivity index (χ2v) is 7.72. The van der Waals surface area contributed by atoms with Crippen LogP contribution in [0.2, 0.25) is 0 Å². The lowest BCUT2D eigenvalue weighted by Gasteiger charge is -2.10. The van der Waals surface area contributed by atoms with Crippen LogP contribution in [0.1, 0.15) is 27.0 Å². The number of para-hydroxylation sites is 1. The van der Waals surface area contributed by atoms with Gasteiger partial charge in [0.25, 0.3) is 5.91 Å². The molecule has 0 aliphatic rings. The maximum absolute atomic E-state index is 13.2. The number of fused-ring (bicyclic) bond motifs is 1. The first kappa shape index (κ1) is 19.8. The van der Waals surface area contributed by atoms with Gasteiger partial charge in [0.1, 0.15) is 12.7 Å². The van der Waals surface area contributed by atoms with Crippen molar-refractivity contribution in [2.45, 2.75) is 19.6 Å². The van der Waals surface area contributed by atoms with Gasteiger partial charge in [0.05, 0.1) is 12.1 Å². The molecule has 158 valence electrons. The average Bonchev–Trinajstić information content (AvgIpc) is 3.47. The van der Waals surface area contributed by atoms with Crippen LogP contribution in [0.5, 0.6) is 0 Å². The topological polar surface area (TPSA) is 64.7 Å². The number of aromatic nitrogens is 4. The molecule has 6 heteroatoms. The number of nitrogens with one attached hydrogen (secondary N) is 1. The normalized spacial score (nSPS) is 11.0. The Morgan fingerprint density at radius 3 is 2.41 bits per heavy atom. The minimum atomic E-state index is -0.0800. The lowest BCUT2D eigenvalue weighted by atomic mass is 10.1. The Kier molecular flexibility index (Phi) is 5.49. The van der Waals surface area contributed by atoms with Crippen LogP contribution < -0.4 is 5.32 Å².